The highest BCUT2D eigenvalue weighted by atomic mass is 32.1. The van der Waals surface area contributed by atoms with Crippen molar-refractivity contribution in [1.82, 2.24) is 0 Å². The van der Waals surface area contributed by atoms with Gasteiger partial charge in [0.1, 0.15) is 6.10 Å². The highest BCUT2D eigenvalue weighted by molar-refractivity contribution is 7.80. The van der Waals surface area contributed by atoms with Crippen LogP contribution in [0.1, 0.15) is 24.2 Å². The summed E-state index contributed by atoms with van der Waals surface area (Å²) >= 11 is 3.93. The standard InChI is InChI=1S/C12H16O2S/c1-8(2)9-3-5-10(6-4-9)12(14)11(13)7-15/h3-6,11-15H,1,7H2,2H3. The summed E-state index contributed by atoms with van der Waals surface area (Å²) in [4.78, 5) is 0. The van der Waals surface area contributed by atoms with Gasteiger partial charge >= 0.3 is 0 Å². The van der Waals surface area contributed by atoms with Crippen LogP contribution in [0.25, 0.3) is 5.57 Å². The molecule has 0 heterocycles. The Hall–Kier alpha value is -0.770. The van der Waals surface area contributed by atoms with E-state index in [1.165, 1.54) is 0 Å². The Morgan fingerprint density at radius 3 is 2.27 bits per heavy atom. The summed E-state index contributed by atoms with van der Waals surface area (Å²) in [6.45, 7) is 5.75. The van der Waals surface area contributed by atoms with E-state index in [4.69, 9.17) is 0 Å². The Kier molecular flexibility index (Phi) is 4.39. The van der Waals surface area contributed by atoms with E-state index in [0.29, 0.717) is 5.56 Å². The summed E-state index contributed by atoms with van der Waals surface area (Å²) < 4.78 is 0. The molecule has 0 spiro atoms. The van der Waals surface area contributed by atoms with Crippen LogP contribution < -0.4 is 0 Å². The van der Waals surface area contributed by atoms with Gasteiger partial charge in [0.25, 0.3) is 0 Å². The van der Waals surface area contributed by atoms with E-state index < -0.39 is 12.2 Å². The van der Waals surface area contributed by atoms with Gasteiger partial charge < -0.3 is 10.2 Å². The average molecular weight is 224 g/mol. The molecule has 2 atom stereocenters. The van der Waals surface area contributed by atoms with Crippen LogP contribution in [0.2, 0.25) is 0 Å². The van der Waals surface area contributed by atoms with Crippen molar-refractivity contribution < 1.29 is 10.2 Å². The first-order valence-electron chi connectivity index (χ1n) is 4.79. The van der Waals surface area contributed by atoms with Gasteiger partial charge in [-0.25, -0.2) is 0 Å². The number of allylic oxidation sites excluding steroid dienone is 1. The molecule has 0 radical (unpaired) electrons. The molecule has 0 aliphatic heterocycles. The van der Waals surface area contributed by atoms with E-state index in [9.17, 15) is 10.2 Å². The Labute approximate surface area is 95.7 Å². The fraction of sp³-hybridized carbons (Fsp3) is 0.333. The predicted molar refractivity (Wildman–Crippen MR) is 66.0 cm³/mol. The van der Waals surface area contributed by atoms with Crippen molar-refractivity contribution >= 4 is 18.2 Å². The van der Waals surface area contributed by atoms with Crippen molar-refractivity contribution in [2.75, 3.05) is 5.75 Å². The van der Waals surface area contributed by atoms with Gasteiger partial charge in [-0.05, 0) is 18.1 Å². The normalized spacial score (nSPS) is 14.7. The van der Waals surface area contributed by atoms with Crippen molar-refractivity contribution in [3.63, 3.8) is 0 Å². The molecule has 0 saturated heterocycles. The van der Waals surface area contributed by atoms with Gasteiger partial charge in [-0.3, -0.25) is 0 Å². The van der Waals surface area contributed by atoms with Crippen LogP contribution in [0, 0.1) is 0 Å². The van der Waals surface area contributed by atoms with E-state index in [0.717, 1.165) is 11.1 Å². The van der Waals surface area contributed by atoms with Crippen molar-refractivity contribution in [3.8, 4) is 0 Å². The minimum Gasteiger partial charge on any atom is -0.389 e. The van der Waals surface area contributed by atoms with Crippen LogP contribution in [0.4, 0.5) is 0 Å². The molecule has 1 rings (SSSR count). The molecular weight excluding hydrogens is 208 g/mol. The highest BCUT2D eigenvalue weighted by Gasteiger charge is 2.16. The second kappa shape index (κ2) is 5.35. The lowest BCUT2D eigenvalue weighted by Crippen LogP contribution is -2.19. The third kappa shape index (κ3) is 3.09. The highest BCUT2D eigenvalue weighted by Crippen LogP contribution is 2.20. The zero-order valence-electron chi connectivity index (χ0n) is 8.72. The first-order valence-corrected chi connectivity index (χ1v) is 5.42. The summed E-state index contributed by atoms with van der Waals surface area (Å²) in [5, 5.41) is 19.1. The molecule has 82 valence electrons. The SMILES string of the molecule is C=C(C)c1ccc(C(O)C(O)CS)cc1. The van der Waals surface area contributed by atoms with Crippen LogP contribution in [0.15, 0.2) is 30.8 Å². The molecule has 2 N–H and O–H groups in total. The van der Waals surface area contributed by atoms with E-state index in [2.05, 4.69) is 19.2 Å². The molecule has 0 fully saturated rings. The van der Waals surface area contributed by atoms with E-state index >= 15 is 0 Å². The lowest BCUT2D eigenvalue weighted by Gasteiger charge is -2.16. The first kappa shape index (κ1) is 12.3. The zero-order chi connectivity index (χ0) is 11.4. The van der Waals surface area contributed by atoms with Crippen LogP contribution in [0.5, 0.6) is 0 Å². The Morgan fingerprint density at radius 2 is 1.87 bits per heavy atom. The molecule has 15 heavy (non-hydrogen) atoms. The molecule has 0 aliphatic carbocycles. The minimum absolute atomic E-state index is 0.239. The topological polar surface area (TPSA) is 40.5 Å². The van der Waals surface area contributed by atoms with Gasteiger partial charge in [0.15, 0.2) is 0 Å². The summed E-state index contributed by atoms with van der Waals surface area (Å²) in [5.74, 6) is 0.239. The first-order chi connectivity index (χ1) is 7.06. The molecule has 2 unspecified atom stereocenters. The summed E-state index contributed by atoms with van der Waals surface area (Å²) in [6, 6.07) is 7.35. The fourth-order valence-electron chi connectivity index (χ4n) is 1.29. The summed E-state index contributed by atoms with van der Waals surface area (Å²) in [7, 11) is 0. The van der Waals surface area contributed by atoms with Crippen molar-refractivity contribution in [1.29, 1.82) is 0 Å². The molecule has 3 heteroatoms. The average Bonchev–Trinajstić information content (AvgIpc) is 2.27. The maximum absolute atomic E-state index is 9.70. The van der Waals surface area contributed by atoms with Crippen molar-refractivity contribution in [2.45, 2.75) is 19.1 Å². The molecule has 1 aromatic carbocycles. The number of aliphatic hydroxyl groups is 2. The lowest BCUT2D eigenvalue weighted by atomic mass is 10.0. The molecule has 0 bridgehead atoms. The van der Waals surface area contributed by atoms with Gasteiger partial charge in [-0.15, -0.1) is 0 Å². The van der Waals surface area contributed by atoms with Crippen molar-refractivity contribution in [2.24, 2.45) is 0 Å². The van der Waals surface area contributed by atoms with E-state index in [-0.39, 0.29) is 5.75 Å². The van der Waals surface area contributed by atoms with Gasteiger partial charge in [0.2, 0.25) is 0 Å². The number of hydrogen-bond acceptors (Lipinski definition) is 3. The third-order valence-corrected chi connectivity index (χ3v) is 2.67. The molecule has 0 saturated carbocycles. The number of hydrogen-bond donors (Lipinski definition) is 3. The largest absolute Gasteiger partial charge is 0.389 e. The Morgan fingerprint density at radius 1 is 1.33 bits per heavy atom. The second-order valence-electron chi connectivity index (χ2n) is 3.60. The maximum Gasteiger partial charge on any atom is 0.106 e. The molecule has 2 nitrogen and oxygen atoms in total. The Balaban J connectivity index is 2.84. The van der Waals surface area contributed by atoms with Crippen LogP contribution in [0.3, 0.4) is 0 Å². The van der Waals surface area contributed by atoms with Gasteiger partial charge in [0.05, 0.1) is 6.10 Å². The molecular formula is C12H16O2S. The number of benzene rings is 1. The van der Waals surface area contributed by atoms with Crippen molar-refractivity contribution in [3.05, 3.63) is 42.0 Å². The number of rotatable bonds is 4. The van der Waals surface area contributed by atoms with Gasteiger partial charge in [-0.1, -0.05) is 36.4 Å². The molecule has 0 aliphatic rings. The Bertz CT molecular complexity index is 332. The summed E-state index contributed by atoms with van der Waals surface area (Å²) in [5.41, 5.74) is 2.71. The van der Waals surface area contributed by atoms with Crippen LogP contribution in [-0.4, -0.2) is 22.1 Å². The fourth-order valence-corrected chi connectivity index (χ4v) is 1.49. The van der Waals surface area contributed by atoms with Gasteiger partial charge in [0, 0.05) is 5.75 Å². The maximum atomic E-state index is 9.70. The molecule has 1 aromatic rings. The smallest absolute Gasteiger partial charge is 0.106 e. The van der Waals surface area contributed by atoms with E-state index in [1.54, 1.807) is 12.1 Å². The quantitative estimate of drug-likeness (QED) is 0.685. The molecule has 0 amide bonds. The molecule has 0 aromatic heterocycles. The van der Waals surface area contributed by atoms with Crippen LogP contribution in [-0.2, 0) is 0 Å². The van der Waals surface area contributed by atoms with Crippen LogP contribution >= 0.6 is 12.6 Å². The third-order valence-electron chi connectivity index (χ3n) is 2.30. The van der Waals surface area contributed by atoms with Gasteiger partial charge in [-0.2, -0.15) is 12.6 Å². The lowest BCUT2D eigenvalue weighted by molar-refractivity contribution is 0.0337. The number of aliphatic hydroxyl groups excluding tert-OH is 2. The predicted octanol–water partition coefficient (Wildman–Crippen LogP) is 2.04. The van der Waals surface area contributed by atoms with E-state index in [1.807, 2.05) is 19.1 Å². The monoisotopic (exact) mass is 224 g/mol. The minimum atomic E-state index is -0.873. The summed E-state index contributed by atoms with van der Waals surface area (Å²) in [6.07, 6.45) is -1.70. The second-order valence-corrected chi connectivity index (χ2v) is 3.96. The number of thiol groups is 1. The zero-order valence-corrected chi connectivity index (χ0v) is 9.61.